The summed E-state index contributed by atoms with van der Waals surface area (Å²) in [6.45, 7) is 9.97. The van der Waals surface area contributed by atoms with Crippen molar-refractivity contribution in [2.45, 2.75) is 130 Å². The fourth-order valence-corrected chi connectivity index (χ4v) is 14.5. The number of benzene rings is 2. The Morgan fingerprint density at radius 2 is 1.08 bits per heavy atom. The molecule has 540 valence electrons. The lowest BCUT2D eigenvalue weighted by Crippen LogP contribution is -2.40. The van der Waals surface area contributed by atoms with E-state index in [4.69, 9.17) is 57.1 Å². The summed E-state index contributed by atoms with van der Waals surface area (Å²) < 4.78 is 37.3. The van der Waals surface area contributed by atoms with E-state index in [1.54, 1.807) is 31.2 Å². The van der Waals surface area contributed by atoms with Gasteiger partial charge in [0.25, 0.3) is 6.47 Å². The Kier molecular flexibility index (Phi) is 26.0. The molecule has 25 nitrogen and oxygen atoms in total. The fourth-order valence-electron chi connectivity index (χ4n) is 12.8. The van der Waals surface area contributed by atoms with Crippen LogP contribution in [-0.2, 0) is 27.2 Å². The topological polar surface area (TPSA) is 343 Å². The molecule has 4 atom stereocenters. The van der Waals surface area contributed by atoms with Crippen LogP contribution in [0.15, 0.2) is 110 Å². The first-order valence-corrected chi connectivity index (χ1v) is 35.4. The minimum absolute atomic E-state index is 0. The molecule has 2 unspecified atom stereocenters. The number of ketones is 1. The molecular weight excluding hydrogens is 1360 g/mol. The number of hydrogen-bond donors (Lipinski definition) is 6. The van der Waals surface area contributed by atoms with Gasteiger partial charge in [0.2, 0.25) is 11.9 Å². The molecule has 29 heteroatoms. The lowest BCUT2D eigenvalue weighted by Gasteiger charge is -2.32. The average molecular weight is 1440 g/mol. The van der Waals surface area contributed by atoms with Gasteiger partial charge < -0.3 is 51.1 Å². The van der Waals surface area contributed by atoms with E-state index in [-0.39, 0.29) is 55.4 Å². The molecule has 4 fully saturated rings. The van der Waals surface area contributed by atoms with Crippen molar-refractivity contribution in [1.29, 1.82) is 10.5 Å². The highest BCUT2D eigenvalue weighted by atomic mass is 32.1. The Labute approximate surface area is 606 Å². The predicted octanol–water partition coefficient (Wildman–Crippen LogP) is 11.9. The summed E-state index contributed by atoms with van der Waals surface area (Å²) in [6, 6.07) is 24.5. The number of aliphatic hydroxyl groups is 2. The van der Waals surface area contributed by atoms with Crippen molar-refractivity contribution in [2.75, 3.05) is 66.4 Å². The highest BCUT2D eigenvalue weighted by Gasteiger charge is 2.32. The predicted molar refractivity (Wildman–Crippen MR) is 396 cm³/mol. The second-order valence-corrected chi connectivity index (χ2v) is 26.8. The number of hydrogen-bond acceptors (Lipinski definition) is 23. The van der Waals surface area contributed by atoms with Gasteiger partial charge in [-0.15, -0.1) is 0 Å². The molecule has 103 heavy (non-hydrogen) atoms. The van der Waals surface area contributed by atoms with Gasteiger partial charge in [0, 0.05) is 131 Å². The molecule has 1 saturated carbocycles. The molecule has 8 aromatic heterocycles. The summed E-state index contributed by atoms with van der Waals surface area (Å²) in [4.78, 5) is 78.5. The van der Waals surface area contributed by atoms with Crippen molar-refractivity contribution in [2.24, 2.45) is 17.6 Å². The Morgan fingerprint density at radius 1 is 0.660 bits per heavy atom. The SMILES string of the molecule is C.CCc1nc2ccc(-c3cnc(N4CCC(CC(=O)C5C[C@@H](O)CN5)CC4)nc3)cn2c1N(C)c1nc(-c2ccc(F)cc2)c(C#N)s1.CCc1nc2ccc(-c3cnc(N4CCC(N)CC4)nc3)cn2c1N(C)c1nc(-c2ccc(F)cc2)c(C#N)s1.O=C(O)C1CC[C@H](O)C1.O=CO.[2H]CC. The van der Waals surface area contributed by atoms with Gasteiger partial charge in [-0.3, -0.25) is 23.2 Å². The van der Waals surface area contributed by atoms with Gasteiger partial charge in [-0.1, -0.05) is 57.8 Å². The second kappa shape index (κ2) is 35.6. The van der Waals surface area contributed by atoms with Crippen LogP contribution in [0, 0.1) is 46.1 Å². The van der Waals surface area contributed by atoms with Crippen LogP contribution < -0.4 is 30.7 Å². The van der Waals surface area contributed by atoms with E-state index in [1.807, 2.05) is 94.1 Å². The van der Waals surface area contributed by atoms with Crippen molar-refractivity contribution < 1.29 is 45.0 Å². The van der Waals surface area contributed by atoms with Gasteiger partial charge in [0.05, 0.1) is 35.6 Å². The summed E-state index contributed by atoms with van der Waals surface area (Å²) in [6.07, 6.45) is 18.5. The second-order valence-electron chi connectivity index (χ2n) is 24.9. The number of thiazole rings is 2. The number of imidazole rings is 2. The van der Waals surface area contributed by atoms with Crippen molar-refractivity contribution in [3.63, 3.8) is 0 Å². The number of nitrogens with zero attached hydrogens (tertiary/aromatic N) is 16. The monoisotopic (exact) mass is 1440 g/mol. The number of nitriles is 2. The lowest BCUT2D eigenvalue weighted by atomic mass is 9.89. The molecule has 0 amide bonds. The number of nitrogens with two attached hydrogens (primary N) is 1. The third-order valence-electron chi connectivity index (χ3n) is 18.3. The van der Waals surface area contributed by atoms with Crippen LogP contribution >= 0.6 is 22.7 Å². The van der Waals surface area contributed by atoms with Crippen LogP contribution in [0.2, 0.25) is 0 Å². The molecule has 0 spiro atoms. The number of carbonyl (C=O) groups is 3. The number of aryl methyl sites for hydroxylation is 2. The zero-order valence-electron chi connectivity index (χ0n) is 58.3. The Morgan fingerprint density at radius 3 is 1.44 bits per heavy atom. The number of β-amino-alcohol motifs (C(OH)–C–C–N with tert-alkyl or cyclic N) is 1. The number of aliphatic carboxylic acids is 1. The Hall–Kier alpha value is -10.3. The molecule has 0 radical (unpaired) electrons. The van der Waals surface area contributed by atoms with Crippen LogP contribution in [0.3, 0.4) is 0 Å². The molecule has 4 aliphatic rings. The minimum Gasteiger partial charge on any atom is -0.483 e. The van der Waals surface area contributed by atoms with Gasteiger partial charge in [-0.05, 0) is 143 Å². The minimum atomic E-state index is -0.772. The first-order chi connectivity index (χ1) is 49.8. The molecule has 14 rings (SSSR count). The number of nitrogens with one attached hydrogen (secondary N) is 1. The number of halogens is 2. The standard InChI is InChI=1S/C35H36FN9O2S.C29H28FN9S.C6H10O3.C2H6.CH2O2.CH4/c1-3-27-33(43(2)35-42-32(30(16-37)48-35)22-4-7-25(36)8-5-22)45-20-23(6-9-31(45)41-27)24-17-39-34(40-18-24)44-12-10-21(11-13-44)14-29(47)28-15-26(46)19-38-28;1-3-23-27(37(2)29-36-26(24(14-31)40-29)18-4-7-21(30)8-5-18)39-17-19(6-9-25(39)35-23)20-15-33-28(34-16-20)38-12-10-22(32)11-13-38;7-5-2-1-4(3-5)6(8)9;1-2;2-1-3;/h4-9,17-18,20-21,26,28,38,46H,3,10-15,19H2,1-2H3;4-9,15-17,22H,3,10-13,32H2,1-2H3;4-5,7H,1-3H2,(H,8,9);1-2H3;1H,(H,2,3);1H4/t26-,28?;;4?,5-;;;/m1.0.../s1/i;;;1D;;. The van der Waals surface area contributed by atoms with E-state index in [9.17, 15) is 34.0 Å². The summed E-state index contributed by atoms with van der Waals surface area (Å²) in [5, 5.41) is 58.0. The van der Waals surface area contributed by atoms with Gasteiger partial charge in [-0.25, -0.2) is 48.7 Å². The molecule has 3 saturated heterocycles. The van der Waals surface area contributed by atoms with Crippen LogP contribution in [0.25, 0.3) is 56.1 Å². The first kappa shape index (κ1) is 75.4. The molecule has 10 aromatic rings. The van der Waals surface area contributed by atoms with Crippen molar-refractivity contribution >= 4 is 86.0 Å². The van der Waals surface area contributed by atoms with E-state index >= 15 is 0 Å². The van der Waals surface area contributed by atoms with E-state index in [0.717, 1.165) is 121 Å². The smallest absolute Gasteiger partial charge is 0.306 e. The molecule has 0 bridgehead atoms. The van der Waals surface area contributed by atoms with Crippen molar-refractivity contribution in [3.8, 4) is 56.9 Å². The molecule has 3 aliphatic heterocycles. The molecule has 1 aliphatic carbocycles. The largest absolute Gasteiger partial charge is 0.483 e. The van der Waals surface area contributed by atoms with Crippen molar-refractivity contribution in [3.05, 3.63) is 143 Å². The number of pyridine rings is 2. The maximum absolute atomic E-state index is 13.6. The summed E-state index contributed by atoms with van der Waals surface area (Å²) >= 11 is 2.58. The third kappa shape index (κ3) is 18.1. The molecular formula is C74H86F2N18O7S2. The summed E-state index contributed by atoms with van der Waals surface area (Å²) in [5.74, 6) is 1.91. The van der Waals surface area contributed by atoms with E-state index < -0.39 is 12.1 Å². The number of rotatable bonds is 16. The summed E-state index contributed by atoms with van der Waals surface area (Å²) in [5.41, 5.74) is 15.5. The van der Waals surface area contributed by atoms with E-state index in [0.29, 0.717) is 106 Å². The maximum Gasteiger partial charge on any atom is 0.306 e. The molecule has 7 N–H and O–H groups in total. The number of piperidine rings is 2. The average Bonchev–Trinajstić information content (AvgIpc) is 1.61. The van der Waals surface area contributed by atoms with Crippen LogP contribution in [-0.4, -0.2) is 158 Å². The Bertz CT molecular complexity index is 4610. The van der Waals surface area contributed by atoms with E-state index in [1.165, 1.54) is 46.9 Å². The van der Waals surface area contributed by atoms with Gasteiger partial charge in [-0.2, -0.15) is 10.5 Å². The zero-order chi connectivity index (χ0) is 73.4. The van der Waals surface area contributed by atoms with E-state index in [2.05, 4.69) is 51.1 Å². The molecule has 2 aromatic carbocycles. The van der Waals surface area contributed by atoms with Gasteiger partial charge >= 0.3 is 5.97 Å². The highest BCUT2D eigenvalue weighted by molar-refractivity contribution is 7.17. The zero-order valence-corrected chi connectivity index (χ0v) is 58.9. The normalized spacial score (nSPS) is 17.3. The van der Waals surface area contributed by atoms with Crippen LogP contribution in [0.5, 0.6) is 0 Å². The number of anilines is 6. The van der Waals surface area contributed by atoms with Crippen LogP contribution in [0.4, 0.5) is 42.6 Å². The third-order valence-corrected chi connectivity index (χ3v) is 20.4. The van der Waals surface area contributed by atoms with Crippen LogP contribution in [0.1, 0.15) is 115 Å². The number of carboxylic acid groups (broad SMARTS) is 2. The number of carboxylic acids is 1. The number of Topliss-reactive ketones (excluding diaryl/α,β-unsaturated/α-hetero) is 1. The maximum atomic E-state index is 13.6. The lowest BCUT2D eigenvalue weighted by molar-refractivity contribution is -0.141. The summed E-state index contributed by atoms with van der Waals surface area (Å²) in [7, 11) is 3.84. The number of fused-ring (bicyclic) bond motifs is 2. The van der Waals surface area contributed by atoms with Crippen molar-refractivity contribution in [1.82, 2.24) is 54.0 Å². The number of carbonyl (C=O) groups excluding carboxylic acids is 1. The number of aliphatic hydroxyl groups excluding tert-OH is 2. The Balaban J connectivity index is 0.000000202. The molecule has 11 heterocycles. The van der Waals surface area contributed by atoms with Gasteiger partial charge in [0.1, 0.15) is 73.6 Å². The first-order valence-electron chi connectivity index (χ1n) is 34.4. The number of aromatic nitrogens is 10. The van der Waals surface area contributed by atoms with Gasteiger partial charge in [0.15, 0.2) is 10.3 Å². The highest BCUT2D eigenvalue weighted by Crippen LogP contribution is 2.40. The fraction of sp³-hybridized carbons (Fsp3) is 0.392. The quantitative estimate of drug-likeness (QED) is 0.0489.